The second-order valence-electron chi connectivity index (χ2n) is 13.5. The Morgan fingerprint density at radius 3 is 2.24 bits per heavy atom. The summed E-state index contributed by atoms with van der Waals surface area (Å²) < 4.78 is 24.9. The van der Waals surface area contributed by atoms with E-state index >= 15 is 0 Å². The van der Waals surface area contributed by atoms with E-state index in [-0.39, 0.29) is 20.1 Å². The number of halogens is 1. The summed E-state index contributed by atoms with van der Waals surface area (Å²) in [5.74, 6) is -1.50. The Bertz CT molecular complexity index is 2500. The van der Waals surface area contributed by atoms with Gasteiger partial charge in [-0.1, -0.05) is 93.0 Å². The summed E-state index contributed by atoms with van der Waals surface area (Å²) in [5.41, 5.74) is 5.28. The van der Waals surface area contributed by atoms with Crippen molar-refractivity contribution in [3.05, 3.63) is 139 Å². The van der Waals surface area contributed by atoms with Crippen LogP contribution >= 0.6 is 11.3 Å². The minimum Gasteiger partial charge on any atom is -0.305 e. The normalized spacial score (nSPS) is 12.1. The largest absolute Gasteiger partial charge is 0.305 e. The molecule has 0 spiro atoms. The molecule has 3 aromatic heterocycles. The Kier molecular flexibility index (Phi) is 9.58. The van der Waals surface area contributed by atoms with Crippen molar-refractivity contribution in [2.24, 2.45) is 0 Å². The number of hydrogen-bond acceptors (Lipinski definition) is 3. The van der Waals surface area contributed by atoms with Gasteiger partial charge in [-0.15, -0.1) is 59.7 Å². The van der Waals surface area contributed by atoms with Gasteiger partial charge in [-0.25, -0.2) is 4.39 Å². The molecule has 1 radical (unpaired) electrons. The summed E-state index contributed by atoms with van der Waals surface area (Å²) >= 11 is 1.71. The second kappa shape index (κ2) is 14.0. The average Bonchev–Trinajstić information content (AvgIpc) is 3.45. The maximum atomic E-state index is 14.4. The van der Waals surface area contributed by atoms with Gasteiger partial charge in [-0.05, 0) is 78.7 Å². The van der Waals surface area contributed by atoms with E-state index in [1.807, 2.05) is 24.3 Å². The fourth-order valence-electron chi connectivity index (χ4n) is 6.43. The predicted molar refractivity (Wildman–Crippen MR) is 207 cm³/mol. The third kappa shape index (κ3) is 6.89. The van der Waals surface area contributed by atoms with Gasteiger partial charge < -0.3 is 9.97 Å². The minimum atomic E-state index is -1.27. The van der Waals surface area contributed by atoms with Gasteiger partial charge >= 0.3 is 0 Å². The second-order valence-corrected chi connectivity index (χ2v) is 19.6. The molecule has 6 heteroatoms. The van der Waals surface area contributed by atoms with Gasteiger partial charge in [-0.2, -0.15) is 11.3 Å². The molecule has 2 nitrogen and oxygen atoms in total. The van der Waals surface area contributed by atoms with Crippen LogP contribution in [0.1, 0.15) is 32.2 Å². The van der Waals surface area contributed by atoms with Crippen LogP contribution in [0, 0.1) is 24.9 Å². The van der Waals surface area contributed by atoms with Crippen molar-refractivity contribution < 1.29 is 25.9 Å². The van der Waals surface area contributed by atoms with Crippen LogP contribution < -0.4 is 5.19 Å². The van der Waals surface area contributed by atoms with Gasteiger partial charge in [0.25, 0.3) is 0 Å². The van der Waals surface area contributed by atoms with Crippen LogP contribution in [0.25, 0.3) is 64.2 Å². The van der Waals surface area contributed by atoms with Crippen molar-refractivity contribution in [2.45, 2.75) is 46.3 Å². The first kappa shape index (κ1) is 33.4. The van der Waals surface area contributed by atoms with E-state index in [9.17, 15) is 4.39 Å². The first-order chi connectivity index (χ1) is 23.4. The molecule has 0 atom stereocenters. The molecule has 5 aromatic carbocycles. The maximum absolute atomic E-state index is 14.4. The summed E-state index contributed by atoms with van der Waals surface area (Å²) in [5, 5.41) is 8.72. The molecule has 8 aromatic rings. The Hall–Kier alpha value is -4.06. The van der Waals surface area contributed by atoms with Crippen LogP contribution in [0.15, 0.2) is 109 Å². The molecular formula is C43H37FIrN2SSi-2. The summed E-state index contributed by atoms with van der Waals surface area (Å²) in [6, 6.07) is 39.7. The molecule has 0 aliphatic heterocycles. The number of hydrogen-bond donors (Lipinski definition) is 0. The Morgan fingerprint density at radius 1 is 0.755 bits per heavy atom. The van der Waals surface area contributed by atoms with E-state index in [0.717, 1.165) is 26.9 Å². The molecule has 49 heavy (non-hydrogen) atoms. The fraction of sp³-hybridized carbons (Fsp3) is 0.163. The zero-order valence-electron chi connectivity index (χ0n) is 29.4. The Labute approximate surface area is 307 Å². The molecule has 247 valence electrons. The summed E-state index contributed by atoms with van der Waals surface area (Å²) in [6.45, 7) is 12.6. The third-order valence-corrected chi connectivity index (χ3v) is 12.2. The third-order valence-electron chi connectivity index (χ3n) is 8.85. The van der Waals surface area contributed by atoms with Crippen LogP contribution in [0.4, 0.5) is 4.39 Å². The van der Waals surface area contributed by atoms with E-state index in [4.69, 9.17) is 1.37 Å². The Morgan fingerprint density at radius 2 is 1.51 bits per heavy atom. The van der Waals surface area contributed by atoms with E-state index in [1.165, 1.54) is 48.6 Å². The standard InChI is InChI=1S/C28H19FNS.C15H18NSi.Ir/c1-16(2)22-13-26(30-15-25(22)29)21-9-5-8-20-24-12-18-11-10-17-6-3-4-7-19(17)23(18)14-27(24)31-28(20)21;1-12-10-14(13-8-6-5-7-9-13)16-11-15(12)17(2,3)4;/h3-8,10-16H,1-2H3;5-8,10-11H,1-4H3;/q2*-1;/i16D;;. The molecular weight excluding hydrogens is 816 g/mol. The number of rotatable bonds is 4. The van der Waals surface area contributed by atoms with Gasteiger partial charge in [0.15, 0.2) is 0 Å². The van der Waals surface area contributed by atoms with Crippen molar-refractivity contribution in [1.29, 1.82) is 0 Å². The summed E-state index contributed by atoms with van der Waals surface area (Å²) in [7, 11) is -1.27. The first-order valence-electron chi connectivity index (χ1n) is 16.7. The molecule has 0 amide bonds. The van der Waals surface area contributed by atoms with Crippen molar-refractivity contribution in [3.8, 4) is 22.5 Å². The molecule has 0 saturated carbocycles. The van der Waals surface area contributed by atoms with Crippen molar-refractivity contribution >= 4 is 66.3 Å². The molecule has 0 bridgehead atoms. The molecule has 3 heterocycles. The van der Waals surface area contributed by atoms with Gasteiger partial charge in [0.1, 0.15) is 5.82 Å². The number of aromatic nitrogens is 2. The van der Waals surface area contributed by atoms with Crippen LogP contribution in [0.5, 0.6) is 0 Å². The molecule has 0 aliphatic carbocycles. The van der Waals surface area contributed by atoms with Crippen molar-refractivity contribution in [3.63, 3.8) is 0 Å². The summed E-state index contributed by atoms with van der Waals surface area (Å²) in [4.78, 5) is 8.94. The number of benzene rings is 5. The van der Waals surface area contributed by atoms with E-state index in [1.54, 1.807) is 31.3 Å². The summed E-state index contributed by atoms with van der Waals surface area (Å²) in [6.07, 6.45) is 3.28. The van der Waals surface area contributed by atoms with Crippen LogP contribution in [-0.2, 0) is 20.1 Å². The van der Waals surface area contributed by atoms with Crippen LogP contribution in [0.3, 0.4) is 0 Å². The first-order valence-corrected chi connectivity index (χ1v) is 20.5. The number of fused-ring (bicyclic) bond motifs is 6. The number of aryl methyl sites for hydroxylation is 1. The quantitative estimate of drug-likeness (QED) is 0.100. The number of pyridine rings is 2. The minimum absolute atomic E-state index is 0. The molecule has 0 saturated heterocycles. The maximum Gasteiger partial charge on any atom is 0.143 e. The number of thiophene rings is 1. The molecule has 8 rings (SSSR count). The smallest absolute Gasteiger partial charge is 0.143 e. The molecule has 0 unspecified atom stereocenters. The van der Waals surface area contributed by atoms with Crippen molar-refractivity contribution in [2.75, 3.05) is 0 Å². The van der Waals surface area contributed by atoms with E-state index in [2.05, 4.69) is 122 Å². The molecule has 0 aliphatic rings. The topological polar surface area (TPSA) is 25.8 Å². The van der Waals surface area contributed by atoms with Crippen LogP contribution in [0.2, 0.25) is 19.6 Å². The zero-order chi connectivity index (χ0) is 34.5. The SMILES string of the molecule is Cc1cc(-c2[c-]cccc2)ncc1[Si](C)(C)C.[2H]C(C)(C)c1cc(-c2[c-]ccc3c2sc2cc4c(ccc5ccccc54)cc23)ncc1F.[Ir]. The average molecular weight is 854 g/mol. The molecule has 0 N–H and O–H groups in total. The predicted octanol–water partition coefficient (Wildman–Crippen LogP) is 11.9. The van der Waals surface area contributed by atoms with Crippen LogP contribution in [-0.4, -0.2) is 18.0 Å². The van der Waals surface area contributed by atoms with Gasteiger partial charge in [-0.3, -0.25) is 0 Å². The van der Waals surface area contributed by atoms with Crippen molar-refractivity contribution in [1.82, 2.24) is 9.97 Å². The van der Waals surface area contributed by atoms with Gasteiger partial charge in [0, 0.05) is 32.4 Å². The van der Waals surface area contributed by atoms with E-state index < -0.39 is 19.8 Å². The Balaban J connectivity index is 0.000000204. The molecule has 0 fully saturated rings. The van der Waals surface area contributed by atoms with Gasteiger partial charge in [0.2, 0.25) is 0 Å². The van der Waals surface area contributed by atoms with E-state index in [0.29, 0.717) is 11.3 Å². The zero-order valence-corrected chi connectivity index (χ0v) is 32.6. The van der Waals surface area contributed by atoms with Gasteiger partial charge in [0.05, 0.1) is 14.3 Å². The monoisotopic (exact) mass is 854 g/mol. The number of nitrogens with zero attached hydrogens (tertiary/aromatic N) is 2. The fourth-order valence-corrected chi connectivity index (χ4v) is 9.37.